The van der Waals surface area contributed by atoms with Crippen molar-refractivity contribution in [2.75, 3.05) is 26.2 Å². The van der Waals surface area contributed by atoms with Crippen LogP contribution >= 0.6 is 0 Å². The van der Waals surface area contributed by atoms with E-state index in [1.807, 2.05) is 4.68 Å². The third-order valence-electron chi connectivity index (χ3n) is 2.96. The highest BCUT2D eigenvalue weighted by Crippen LogP contribution is 2.07. The van der Waals surface area contributed by atoms with E-state index < -0.39 is 0 Å². The number of hydrogen-bond donors (Lipinski definition) is 1. The van der Waals surface area contributed by atoms with Gasteiger partial charge >= 0.3 is 0 Å². The fourth-order valence-electron chi connectivity index (χ4n) is 1.92. The van der Waals surface area contributed by atoms with Crippen molar-refractivity contribution in [3.63, 3.8) is 0 Å². The number of piperazine rings is 1. The lowest BCUT2D eigenvalue weighted by molar-refractivity contribution is 0.230. The SMILES string of the molecule is CCn1nnc(CN2CCNCC2)c1C. The molecule has 0 aliphatic carbocycles. The lowest BCUT2D eigenvalue weighted by Gasteiger charge is -2.26. The molecule has 1 saturated heterocycles. The Morgan fingerprint density at radius 3 is 2.67 bits per heavy atom. The molecule has 0 unspecified atom stereocenters. The van der Waals surface area contributed by atoms with Crippen molar-refractivity contribution in [1.29, 1.82) is 0 Å². The van der Waals surface area contributed by atoms with E-state index in [4.69, 9.17) is 0 Å². The summed E-state index contributed by atoms with van der Waals surface area (Å²) >= 11 is 0. The summed E-state index contributed by atoms with van der Waals surface area (Å²) in [6, 6.07) is 0. The van der Waals surface area contributed by atoms with E-state index in [-0.39, 0.29) is 0 Å². The van der Waals surface area contributed by atoms with Gasteiger partial charge in [-0.25, -0.2) is 4.68 Å². The Bertz CT molecular complexity index is 314. The van der Waals surface area contributed by atoms with Crippen LogP contribution in [0.2, 0.25) is 0 Å². The topological polar surface area (TPSA) is 46.0 Å². The zero-order valence-corrected chi connectivity index (χ0v) is 9.53. The van der Waals surface area contributed by atoms with E-state index in [0.29, 0.717) is 0 Å². The van der Waals surface area contributed by atoms with Crippen LogP contribution in [0.15, 0.2) is 0 Å². The molecule has 1 aromatic heterocycles. The number of nitrogens with one attached hydrogen (secondary N) is 1. The summed E-state index contributed by atoms with van der Waals surface area (Å²) in [5.74, 6) is 0. The van der Waals surface area contributed by atoms with Gasteiger partial charge in [0, 0.05) is 39.3 Å². The van der Waals surface area contributed by atoms with E-state index in [9.17, 15) is 0 Å². The molecule has 0 aromatic carbocycles. The first-order valence-electron chi connectivity index (χ1n) is 5.63. The van der Waals surface area contributed by atoms with Crippen molar-refractivity contribution < 1.29 is 0 Å². The molecule has 1 aromatic rings. The molecule has 5 nitrogen and oxygen atoms in total. The molecule has 15 heavy (non-hydrogen) atoms. The van der Waals surface area contributed by atoms with Gasteiger partial charge in [0.2, 0.25) is 0 Å². The Morgan fingerprint density at radius 2 is 2.07 bits per heavy atom. The number of aromatic nitrogens is 3. The molecule has 2 rings (SSSR count). The van der Waals surface area contributed by atoms with E-state index in [2.05, 4.69) is 34.4 Å². The summed E-state index contributed by atoms with van der Waals surface area (Å²) in [5.41, 5.74) is 2.33. The van der Waals surface area contributed by atoms with Gasteiger partial charge in [0.25, 0.3) is 0 Å². The summed E-state index contributed by atoms with van der Waals surface area (Å²) in [4.78, 5) is 2.42. The molecular weight excluding hydrogens is 190 g/mol. The smallest absolute Gasteiger partial charge is 0.0996 e. The summed E-state index contributed by atoms with van der Waals surface area (Å²) in [6.45, 7) is 10.4. The average Bonchev–Trinajstić information content (AvgIpc) is 2.62. The first kappa shape index (κ1) is 10.6. The Labute approximate surface area is 90.5 Å². The van der Waals surface area contributed by atoms with Gasteiger partial charge in [-0.3, -0.25) is 4.90 Å². The number of aryl methyl sites for hydroxylation is 1. The maximum absolute atomic E-state index is 4.23. The number of nitrogens with zero attached hydrogens (tertiary/aromatic N) is 4. The minimum absolute atomic E-state index is 0.903. The van der Waals surface area contributed by atoms with Gasteiger partial charge < -0.3 is 5.32 Å². The lowest BCUT2D eigenvalue weighted by atomic mass is 10.3. The van der Waals surface area contributed by atoms with Crippen molar-refractivity contribution in [2.24, 2.45) is 0 Å². The molecule has 0 spiro atoms. The molecule has 1 aliphatic heterocycles. The fourth-order valence-corrected chi connectivity index (χ4v) is 1.92. The van der Waals surface area contributed by atoms with Crippen LogP contribution in [0.3, 0.4) is 0 Å². The predicted molar refractivity (Wildman–Crippen MR) is 58.6 cm³/mol. The molecule has 0 saturated carbocycles. The molecule has 0 radical (unpaired) electrons. The maximum atomic E-state index is 4.23. The molecule has 2 heterocycles. The molecule has 1 aliphatic rings. The highest BCUT2D eigenvalue weighted by Gasteiger charge is 2.14. The van der Waals surface area contributed by atoms with Crippen molar-refractivity contribution in [2.45, 2.75) is 26.9 Å². The largest absolute Gasteiger partial charge is 0.314 e. The van der Waals surface area contributed by atoms with Crippen LogP contribution in [0.5, 0.6) is 0 Å². The van der Waals surface area contributed by atoms with Crippen molar-refractivity contribution >= 4 is 0 Å². The molecule has 5 heteroatoms. The zero-order chi connectivity index (χ0) is 10.7. The number of rotatable bonds is 3. The van der Waals surface area contributed by atoms with Crippen LogP contribution in [-0.4, -0.2) is 46.1 Å². The quantitative estimate of drug-likeness (QED) is 0.762. The third-order valence-corrected chi connectivity index (χ3v) is 2.96. The third kappa shape index (κ3) is 2.35. The maximum Gasteiger partial charge on any atom is 0.0996 e. The summed E-state index contributed by atoms with van der Waals surface area (Å²) in [6.07, 6.45) is 0. The van der Waals surface area contributed by atoms with Crippen LogP contribution < -0.4 is 5.32 Å². The van der Waals surface area contributed by atoms with E-state index in [1.165, 1.54) is 5.69 Å². The summed E-state index contributed by atoms with van der Waals surface area (Å²) in [7, 11) is 0. The van der Waals surface area contributed by atoms with Gasteiger partial charge in [-0.15, -0.1) is 5.10 Å². The van der Waals surface area contributed by atoms with Crippen molar-refractivity contribution in [3.05, 3.63) is 11.4 Å². The summed E-state index contributed by atoms with van der Waals surface area (Å²) < 4.78 is 1.96. The second-order valence-electron chi connectivity index (χ2n) is 3.96. The fraction of sp³-hybridized carbons (Fsp3) is 0.800. The lowest BCUT2D eigenvalue weighted by Crippen LogP contribution is -2.43. The standard InChI is InChI=1S/C10H19N5/c1-3-15-9(2)10(12-13-15)8-14-6-4-11-5-7-14/h11H,3-8H2,1-2H3. The first-order valence-corrected chi connectivity index (χ1v) is 5.63. The van der Waals surface area contributed by atoms with Crippen molar-refractivity contribution in [1.82, 2.24) is 25.2 Å². The van der Waals surface area contributed by atoms with Crippen molar-refractivity contribution in [3.8, 4) is 0 Å². The monoisotopic (exact) mass is 209 g/mol. The van der Waals surface area contributed by atoms with Crippen LogP contribution in [0.4, 0.5) is 0 Å². The van der Waals surface area contributed by atoms with Gasteiger partial charge in [0.05, 0.1) is 11.4 Å². The predicted octanol–water partition coefficient (Wildman–Crippen LogP) is 0.0116. The van der Waals surface area contributed by atoms with Crippen LogP contribution in [0.25, 0.3) is 0 Å². The van der Waals surface area contributed by atoms with Gasteiger partial charge in [-0.2, -0.15) is 0 Å². The second-order valence-corrected chi connectivity index (χ2v) is 3.96. The van der Waals surface area contributed by atoms with E-state index in [1.54, 1.807) is 0 Å². The normalized spacial score (nSPS) is 18.3. The van der Waals surface area contributed by atoms with Gasteiger partial charge in [-0.1, -0.05) is 5.21 Å². The van der Waals surface area contributed by atoms with Gasteiger partial charge in [0.1, 0.15) is 0 Å². The van der Waals surface area contributed by atoms with Gasteiger partial charge in [0.15, 0.2) is 0 Å². The molecular formula is C10H19N5. The van der Waals surface area contributed by atoms with Crippen LogP contribution in [-0.2, 0) is 13.1 Å². The Hall–Kier alpha value is -0.940. The Balaban J connectivity index is 2.00. The van der Waals surface area contributed by atoms with Crippen LogP contribution in [0.1, 0.15) is 18.3 Å². The zero-order valence-electron chi connectivity index (χ0n) is 9.53. The van der Waals surface area contributed by atoms with E-state index >= 15 is 0 Å². The minimum atomic E-state index is 0.903. The van der Waals surface area contributed by atoms with Crippen LogP contribution in [0, 0.1) is 6.92 Å². The molecule has 0 atom stereocenters. The molecule has 0 amide bonds. The Kier molecular flexibility index (Phi) is 3.33. The first-order chi connectivity index (χ1) is 7.31. The molecule has 84 valence electrons. The molecule has 1 N–H and O–H groups in total. The molecule has 1 fully saturated rings. The average molecular weight is 209 g/mol. The Morgan fingerprint density at radius 1 is 1.33 bits per heavy atom. The summed E-state index contributed by atoms with van der Waals surface area (Å²) in [5, 5.41) is 11.7. The van der Waals surface area contributed by atoms with E-state index in [0.717, 1.165) is 45.0 Å². The van der Waals surface area contributed by atoms with Gasteiger partial charge in [-0.05, 0) is 13.8 Å². The highest BCUT2D eigenvalue weighted by molar-refractivity contribution is 5.07. The molecule has 0 bridgehead atoms. The second kappa shape index (κ2) is 4.72. The highest BCUT2D eigenvalue weighted by atomic mass is 15.4. The minimum Gasteiger partial charge on any atom is -0.314 e. The number of hydrogen-bond acceptors (Lipinski definition) is 4.